The number of nitrogens with zero attached hydrogens (tertiary/aromatic N) is 2. The highest BCUT2D eigenvalue weighted by atomic mass is 16.5. The fraction of sp³-hybridized carbons (Fsp3) is 0.244. The number of nitrogens with one attached hydrogen (secondary N) is 1. The highest BCUT2D eigenvalue weighted by Gasteiger charge is 2.69. The van der Waals surface area contributed by atoms with Crippen molar-refractivity contribution in [1.82, 2.24) is 5.01 Å². The van der Waals surface area contributed by atoms with E-state index in [9.17, 15) is 19.5 Å². The molecule has 4 amide bonds. The van der Waals surface area contributed by atoms with E-state index >= 15 is 4.79 Å². The number of aryl methyl sites for hydroxylation is 1. The number of aromatic hydroxyl groups is 1. The van der Waals surface area contributed by atoms with Crippen molar-refractivity contribution in [3.8, 4) is 17.2 Å². The Hall–Kier alpha value is -6.42. The van der Waals surface area contributed by atoms with E-state index in [1.807, 2.05) is 91.9 Å². The molecule has 2 saturated heterocycles. The zero-order valence-electron chi connectivity index (χ0n) is 30.8. The van der Waals surface area contributed by atoms with E-state index in [0.717, 1.165) is 21.7 Å². The second-order valence-electron chi connectivity index (χ2n) is 14.6. The molecule has 3 fully saturated rings. The first-order valence-electron chi connectivity index (χ1n) is 18.3. The number of methoxy groups -OCH3 is 2. The van der Waals surface area contributed by atoms with Gasteiger partial charge in [-0.3, -0.25) is 29.5 Å². The number of amides is 4. The van der Waals surface area contributed by atoms with Crippen LogP contribution in [0.4, 0.5) is 11.4 Å². The number of fused-ring (bicyclic) bond motifs is 4. The summed E-state index contributed by atoms with van der Waals surface area (Å²) in [4.78, 5) is 60.1. The predicted molar refractivity (Wildman–Crippen MR) is 209 cm³/mol. The Kier molecular flexibility index (Phi) is 8.91. The third-order valence-electron chi connectivity index (χ3n) is 11.8. The Bertz CT molecular complexity index is 2260. The summed E-state index contributed by atoms with van der Waals surface area (Å²) >= 11 is 0. The number of hydrogen-bond acceptors (Lipinski definition) is 8. The Balaban J connectivity index is 1.29. The number of imide groups is 2. The molecule has 8 rings (SSSR count). The predicted octanol–water partition coefficient (Wildman–Crippen LogP) is 7.10. The number of phenols is 1. The average Bonchev–Trinajstić information content (AvgIpc) is 3.59. The molecular weight excluding hydrogens is 695 g/mol. The highest BCUT2D eigenvalue weighted by molar-refractivity contribution is 6.22. The summed E-state index contributed by atoms with van der Waals surface area (Å²) in [5.74, 6) is -4.61. The van der Waals surface area contributed by atoms with E-state index in [4.69, 9.17) is 9.47 Å². The van der Waals surface area contributed by atoms with Crippen molar-refractivity contribution in [3.63, 3.8) is 0 Å². The lowest BCUT2D eigenvalue weighted by Crippen LogP contribution is -2.54. The normalized spacial score (nSPS) is 25.7. The smallest absolute Gasteiger partial charge is 0.260 e. The van der Waals surface area contributed by atoms with E-state index in [1.54, 1.807) is 30.3 Å². The lowest BCUT2D eigenvalue weighted by molar-refractivity contribution is -0.139. The third kappa shape index (κ3) is 5.54. The standard InChI is InChI=1S/C45H41N3O7/c1-5-27-13-18-31(19-14-27)47-41(50)33-21-20-32-34(39(33)43(47)52)25-36-42(51)48(46-30-16-11-26(2)12-17-30)44(53)45(36,29-9-7-6-8-10-29)35(32)22-15-28-23-37(54-3)40(49)38(24-28)55-4/h5-20,22-24,33-36,39,46,49H,1,21,25H2,2-4H3/t33-,34+,35-,36-,39-,45-/m0/s1. The summed E-state index contributed by atoms with van der Waals surface area (Å²) in [5, 5.41) is 11.8. The SMILES string of the molecule is C=Cc1ccc(N2C(=O)[C@H]3[C@H](CC=C4[C@H]3C[C@H]3C(=O)N(Nc5ccc(C)cc5)C(=O)[C@@]3(c3ccccc3)[C@H]4C=Cc3cc(OC)c(O)c(OC)c3)C2=O)cc1. The molecule has 2 N–H and O–H groups in total. The lowest BCUT2D eigenvalue weighted by Gasteiger charge is -2.49. The molecule has 6 atom stereocenters. The van der Waals surface area contributed by atoms with Crippen molar-refractivity contribution >= 4 is 47.2 Å². The largest absolute Gasteiger partial charge is 0.502 e. The monoisotopic (exact) mass is 735 g/mol. The first kappa shape index (κ1) is 35.6. The zero-order chi connectivity index (χ0) is 38.6. The maximum absolute atomic E-state index is 15.3. The average molecular weight is 736 g/mol. The first-order chi connectivity index (χ1) is 26.6. The maximum atomic E-state index is 15.3. The minimum atomic E-state index is -1.40. The van der Waals surface area contributed by atoms with Gasteiger partial charge in [-0.1, -0.05) is 96.6 Å². The van der Waals surface area contributed by atoms with Crippen LogP contribution >= 0.6 is 0 Å². The van der Waals surface area contributed by atoms with E-state index in [0.29, 0.717) is 28.9 Å². The molecule has 2 aliphatic carbocycles. The molecule has 0 unspecified atom stereocenters. The summed E-state index contributed by atoms with van der Waals surface area (Å²) in [6, 6.07) is 27.2. The van der Waals surface area contributed by atoms with E-state index in [1.165, 1.54) is 19.1 Å². The minimum absolute atomic E-state index is 0.149. The molecule has 0 bridgehead atoms. The van der Waals surface area contributed by atoms with Gasteiger partial charge in [-0.2, -0.15) is 5.01 Å². The summed E-state index contributed by atoms with van der Waals surface area (Å²) in [5.41, 5.74) is 6.79. The van der Waals surface area contributed by atoms with Gasteiger partial charge in [0.25, 0.3) is 11.8 Å². The molecule has 4 aliphatic rings. The fourth-order valence-corrected chi connectivity index (χ4v) is 9.22. The van der Waals surface area contributed by atoms with E-state index in [-0.39, 0.29) is 35.5 Å². The van der Waals surface area contributed by atoms with Crippen LogP contribution in [0.5, 0.6) is 17.2 Å². The van der Waals surface area contributed by atoms with Crippen LogP contribution in [0, 0.1) is 36.5 Å². The zero-order valence-corrected chi connectivity index (χ0v) is 30.8. The number of rotatable bonds is 9. The van der Waals surface area contributed by atoms with Crippen molar-refractivity contribution in [3.05, 3.63) is 138 Å². The van der Waals surface area contributed by atoms with Gasteiger partial charge in [0.2, 0.25) is 17.6 Å². The highest BCUT2D eigenvalue weighted by Crippen LogP contribution is 2.61. The number of ether oxygens (including phenoxy) is 2. The number of hydrazine groups is 1. The van der Waals surface area contributed by atoms with Gasteiger partial charge < -0.3 is 14.6 Å². The second-order valence-corrected chi connectivity index (χ2v) is 14.6. The van der Waals surface area contributed by atoms with Crippen LogP contribution < -0.4 is 19.8 Å². The van der Waals surface area contributed by atoms with Crippen LogP contribution in [-0.4, -0.2) is 48.0 Å². The molecule has 10 heteroatoms. The van der Waals surface area contributed by atoms with Crippen LogP contribution in [-0.2, 0) is 24.6 Å². The molecule has 55 heavy (non-hydrogen) atoms. The number of carbonyl (C=O) groups is 4. The van der Waals surface area contributed by atoms with Crippen LogP contribution in [0.25, 0.3) is 12.2 Å². The number of allylic oxidation sites excluding steroid dienone is 3. The van der Waals surface area contributed by atoms with Gasteiger partial charge in [0.15, 0.2) is 11.5 Å². The molecule has 0 radical (unpaired) electrons. The van der Waals surface area contributed by atoms with Crippen LogP contribution in [0.2, 0.25) is 0 Å². The number of benzene rings is 4. The van der Waals surface area contributed by atoms with Gasteiger partial charge in [0, 0.05) is 5.92 Å². The summed E-state index contributed by atoms with van der Waals surface area (Å²) < 4.78 is 10.9. The van der Waals surface area contributed by atoms with Crippen molar-refractivity contribution in [2.75, 3.05) is 24.5 Å². The first-order valence-corrected chi connectivity index (χ1v) is 18.3. The number of anilines is 2. The summed E-state index contributed by atoms with van der Waals surface area (Å²) in [7, 11) is 2.89. The topological polar surface area (TPSA) is 125 Å². The quantitative estimate of drug-likeness (QED) is 0.138. The minimum Gasteiger partial charge on any atom is -0.502 e. The van der Waals surface area contributed by atoms with Gasteiger partial charge in [-0.15, -0.1) is 0 Å². The van der Waals surface area contributed by atoms with Gasteiger partial charge in [0.1, 0.15) is 0 Å². The van der Waals surface area contributed by atoms with Crippen molar-refractivity contribution in [1.29, 1.82) is 0 Å². The summed E-state index contributed by atoms with van der Waals surface area (Å²) in [6.07, 6.45) is 7.95. The molecule has 278 valence electrons. The van der Waals surface area contributed by atoms with Gasteiger partial charge in [-0.25, -0.2) is 0 Å². The molecule has 10 nitrogen and oxygen atoms in total. The molecule has 2 heterocycles. The summed E-state index contributed by atoms with van der Waals surface area (Å²) in [6.45, 7) is 5.77. The van der Waals surface area contributed by atoms with Gasteiger partial charge in [-0.05, 0) is 78.8 Å². The number of hydrogen-bond donors (Lipinski definition) is 2. The van der Waals surface area contributed by atoms with Gasteiger partial charge in [0.05, 0.1) is 48.8 Å². The number of carbonyl (C=O) groups excluding carboxylic acids is 4. The van der Waals surface area contributed by atoms with E-state index < -0.39 is 46.8 Å². The molecule has 4 aromatic rings. The molecule has 0 spiro atoms. The van der Waals surface area contributed by atoms with Crippen molar-refractivity contribution < 1.29 is 33.8 Å². The Morgan fingerprint density at radius 1 is 0.836 bits per heavy atom. The Labute approximate surface area is 319 Å². The second kappa shape index (κ2) is 13.8. The fourth-order valence-electron chi connectivity index (χ4n) is 9.22. The van der Waals surface area contributed by atoms with Crippen LogP contribution in [0.15, 0.2) is 115 Å². The molecule has 4 aromatic carbocycles. The molecule has 2 aliphatic heterocycles. The van der Waals surface area contributed by atoms with Crippen LogP contribution in [0.3, 0.4) is 0 Å². The lowest BCUT2D eigenvalue weighted by atomic mass is 9.50. The van der Waals surface area contributed by atoms with Crippen molar-refractivity contribution in [2.45, 2.75) is 25.2 Å². The Morgan fingerprint density at radius 2 is 1.51 bits per heavy atom. The molecule has 0 aromatic heterocycles. The maximum Gasteiger partial charge on any atom is 0.260 e. The molecule has 1 saturated carbocycles. The number of phenolic OH excluding ortho intramolecular Hbond substituents is 1. The van der Waals surface area contributed by atoms with Gasteiger partial charge >= 0.3 is 0 Å². The van der Waals surface area contributed by atoms with Crippen molar-refractivity contribution in [2.24, 2.45) is 29.6 Å². The third-order valence-corrected chi connectivity index (χ3v) is 11.8. The van der Waals surface area contributed by atoms with E-state index in [2.05, 4.69) is 12.0 Å². The molecular formula is C45H41N3O7. The Morgan fingerprint density at radius 3 is 2.15 bits per heavy atom. The van der Waals surface area contributed by atoms with Crippen LogP contribution in [0.1, 0.15) is 35.1 Å².